The highest BCUT2D eigenvalue weighted by atomic mass is 16.5. The zero-order valence-electron chi connectivity index (χ0n) is 17.7. The Morgan fingerprint density at radius 1 is 0.968 bits per heavy atom. The van der Waals surface area contributed by atoms with Gasteiger partial charge in [0.15, 0.2) is 0 Å². The summed E-state index contributed by atoms with van der Waals surface area (Å²) in [6.07, 6.45) is 1.82. The van der Waals surface area contributed by atoms with Crippen LogP contribution in [0, 0.1) is 0 Å². The van der Waals surface area contributed by atoms with E-state index in [1.807, 2.05) is 49.1 Å². The summed E-state index contributed by atoms with van der Waals surface area (Å²) >= 11 is 0. The summed E-state index contributed by atoms with van der Waals surface area (Å²) in [5.41, 5.74) is 6.42. The Morgan fingerprint density at radius 3 is 2.65 bits per heavy atom. The van der Waals surface area contributed by atoms with Crippen LogP contribution in [0.15, 0.2) is 79.1 Å². The van der Waals surface area contributed by atoms with Crippen LogP contribution in [-0.4, -0.2) is 28.2 Å². The molecule has 5 heteroatoms. The Kier molecular flexibility index (Phi) is 5.10. The molecule has 31 heavy (non-hydrogen) atoms. The number of nitrogens with one attached hydrogen (secondary N) is 1. The Hall–Kier alpha value is -3.70. The summed E-state index contributed by atoms with van der Waals surface area (Å²) in [5, 5.41) is 4.31. The van der Waals surface area contributed by atoms with Gasteiger partial charge in [-0.15, -0.1) is 0 Å². The van der Waals surface area contributed by atoms with Crippen LogP contribution < -0.4 is 10.1 Å². The van der Waals surface area contributed by atoms with Crippen molar-refractivity contribution >= 4 is 21.9 Å². The van der Waals surface area contributed by atoms with Crippen molar-refractivity contribution in [1.29, 1.82) is 0 Å². The number of nitrogens with zero attached hydrogens (tertiary/aromatic N) is 3. The van der Waals surface area contributed by atoms with Gasteiger partial charge < -0.3 is 10.1 Å². The predicted octanol–water partition coefficient (Wildman–Crippen LogP) is 5.36. The number of rotatable bonds is 6. The fraction of sp³-hybridized carbons (Fsp3) is 0.154. The highest BCUT2D eigenvalue weighted by Gasteiger charge is 2.11. The van der Waals surface area contributed by atoms with Crippen molar-refractivity contribution in [3.8, 4) is 22.7 Å². The topological polar surface area (TPSA) is 52.0 Å². The van der Waals surface area contributed by atoms with Crippen LogP contribution in [0.4, 0.5) is 0 Å². The standard InChI is InChI=1S/C26H24N4O/c1-3-31-21-12-13-24-23(15-21)28-17-30(24)25-14-11-20-5-4-6-22(26(20)29-25)19-9-7-18(8-10-19)16-27-2/h4-15,17,27H,3,16H2,1-2H3. The highest BCUT2D eigenvalue weighted by molar-refractivity contribution is 5.94. The number of imidazole rings is 1. The van der Waals surface area contributed by atoms with E-state index in [-0.39, 0.29) is 0 Å². The van der Waals surface area contributed by atoms with Gasteiger partial charge in [-0.2, -0.15) is 0 Å². The number of fused-ring (bicyclic) bond motifs is 2. The molecule has 0 amide bonds. The van der Waals surface area contributed by atoms with Gasteiger partial charge in [-0.05, 0) is 49.4 Å². The summed E-state index contributed by atoms with van der Waals surface area (Å²) in [6, 6.07) is 25.1. The number of hydrogen-bond donors (Lipinski definition) is 1. The second-order valence-electron chi connectivity index (χ2n) is 7.47. The predicted molar refractivity (Wildman–Crippen MR) is 126 cm³/mol. The van der Waals surface area contributed by atoms with Crippen molar-refractivity contribution in [2.75, 3.05) is 13.7 Å². The number of aromatic nitrogens is 3. The second-order valence-corrected chi connectivity index (χ2v) is 7.47. The van der Waals surface area contributed by atoms with E-state index in [2.05, 4.69) is 58.8 Å². The number of para-hydroxylation sites is 1. The van der Waals surface area contributed by atoms with E-state index in [0.717, 1.165) is 51.2 Å². The molecule has 154 valence electrons. The maximum atomic E-state index is 5.61. The summed E-state index contributed by atoms with van der Waals surface area (Å²) in [4.78, 5) is 9.60. The minimum Gasteiger partial charge on any atom is -0.494 e. The van der Waals surface area contributed by atoms with E-state index in [9.17, 15) is 0 Å². The fourth-order valence-electron chi connectivity index (χ4n) is 3.94. The minimum atomic E-state index is 0.636. The van der Waals surface area contributed by atoms with Crippen LogP contribution >= 0.6 is 0 Å². The van der Waals surface area contributed by atoms with E-state index < -0.39 is 0 Å². The fourth-order valence-corrected chi connectivity index (χ4v) is 3.94. The number of ether oxygens (including phenoxy) is 1. The van der Waals surface area contributed by atoms with E-state index in [4.69, 9.17) is 9.72 Å². The zero-order valence-corrected chi connectivity index (χ0v) is 17.7. The molecule has 0 aliphatic heterocycles. The smallest absolute Gasteiger partial charge is 0.139 e. The summed E-state index contributed by atoms with van der Waals surface area (Å²) in [5.74, 6) is 1.68. The van der Waals surface area contributed by atoms with Crippen LogP contribution in [-0.2, 0) is 6.54 Å². The first-order valence-corrected chi connectivity index (χ1v) is 10.5. The molecule has 3 aromatic carbocycles. The van der Waals surface area contributed by atoms with Gasteiger partial charge in [0.2, 0.25) is 0 Å². The molecule has 0 spiro atoms. The van der Waals surface area contributed by atoms with Crippen LogP contribution in [0.1, 0.15) is 12.5 Å². The maximum absolute atomic E-state index is 5.61. The molecule has 0 radical (unpaired) electrons. The third kappa shape index (κ3) is 3.64. The molecule has 0 unspecified atom stereocenters. The number of hydrogen-bond acceptors (Lipinski definition) is 4. The highest BCUT2D eigenvalue weighted by Crippen LogP contribution is 2.29. The monoisotopic (exact) mass is 408 g/mol. The van der Waals surface area contributed by atoms with Crippen LogP contribution in [0.2, 0.25) is 0 Å². The molecule has 2 heterocycles. The molecule has 0 aliphatic rings. The molecule has 0 saturated heterocycles. The van der Waals surface area contributed by atoms with Crippen molar-refractivity contribution in [2.45, 2.75) is 13.5 Å². The average molecular weight is 409 g/mol. The molecule has 0 aliphatic carbocycles. The summed E-state index contributed by atoms with van der Waals surface area (Å²) in [6.45, 7) is 3.47. The van der Waals surface area contributed by atoms with Gasteiger partial charge in [-0.1, -0.05) is 42.5 Å². The van der Waals surface area contributed by atoms with Gasteiger partial charge in [-0.3, -0.25) is 4.57 Å². The van der Waals surface area contributed by atoms with Crippen LogP contribution in [0.5, 0.6) is 5.75 Å². The van der Waals surface area contributed by atoms with Crippen molar-refractivity contribution in [2.24, 2.45) is 0 Å². The van der Waals surface area contributed by atoms with Crippen molar-refractivity contribution in [1.82, 2.24) is 19.9 Å². The summed E-state index contributed by atoms with van der Waals surface area (Å²) in [7, 11) is 1.96. The van der Waals surface area contributed by atoms with E-state index in [1.165, 1.54) is 5.56 Å². The Morgan fingerprint density at radius 2 is 1.84 bits per heavy atom. The van der Waals surface area contributed by atoms with Crippen molar-refractivity contribution in [3.63, 3.8) is 0 Å². The minimum absolute atomic E-state index is 0.636. The Balaban J connectivity index is 1.60. The molecular weight excluding hydrogens is 384 g/mol. The largest absolute Gasteiger partial charge is 0.494 e. The molecule has 5 aromatic rings. The third-order valence-corrected chi connectivity index (χ3v) is 5.43. The number of benzene rings is 3. The van der Waals surface area contributed by atoms with Crippen molar-refractivity contribution in [3.05, 3.63) is 84.7 Å². The third-order valence-electron chi connectivity index (χ3n) is 5.43. The molecule has 0 fully saturated rings. The average Bonchev–Trinajstić information content (AvgIpc) is 3.23. The lowest BCUT2D eigenvalue weighted by atomic mass is 10.0. The normalized spacial score (nSPS) is 11.3. The molecule has 5 nitrogen and oxygen atoms in total. The Labute approximate surface area is 181 Å². The van der Waals surface area contributed by atoms with Crippen LogP contribution in [0.25, 0.3) is 38.9 Å². The van der Waals surface area contributed by atoms with E-state index in [1.54, 1.807) is 0 Å². The molecule has 0 atom stereocenters. The second kappa shape index (κ2) is 8.20. The molecule has 5 rings (SSSR count). The quantitative estimate of drug-likeness (QED) is 0.411. The molecule has 0 bridgehead atoms. The Bertz CT molecular complexity index is 1360. The molecule has 1 N–H and O–H groups in total. The van der Waals surface area contributed by atoms with Gasteiger partial charge in [0.1, 0.15) is 17.9 Å². The maximum Gasteiger partial charge on any atom is 0.139 e. The summed E-state index contributed by atoms with van der Waals surface area (Å²) < 4.78 is 7.63. The first kappa shape index (κ1) is 19.3. The number of pyridine rings is 1. The lowest BCUT2D eigenvalue weighted by Crippen LogP contribution is -2.04. The van der Waals surface area contributed by atoms with Gasteiger partial charge in [0.05, 0.1) is 23.2 Å². The van der Waals surface area contributed by atoms with E-state index in [0.29, 0.717) is 6.61 Å². The molecular formula is C26H24N4O. The SMILES string of the molecule is CCOc1ccc2c(c1)ncn2-c1ccc2cccc(-c3ccc(CNC)cc3)c2n1. The molecule has 2 aromatic heterocycles. The zero-order chi connectivity index (χ0) is 21.2. The van der Waals surface area contributed by atoms with E-state index >= 15 is 0 Å². The lowest BCUT2D eigenvalue weighted by Gasteiger charge is -2.10. The molecule has 0 saturated carbocycles. The van der Waals surface area contributed by atoms with Gasteiger partial charge in [-0.25, -0.2) is 9.97 Å². The lowest BCUT2D eigenvalue weighted by molar-refractivity contribution is 0.340. The first-order chi connectivity index (χ1) is 15.3. The first-order valence-electron chi connectivity index (χ1n) is 10.5. The van der Waals surface area contributed by atoms with Crippen LogP contribution in [0.3, 0.4) is 0 Å². The van der Waals surface area contributed by atoms with Gasteiger partial charge in [0, 0.05) is 23.6 Å². The van der Waals surface area contributed by atoms with Gasteiger partial charge >= 0.3 is 0 Å². The van der Waals surface area contributed by atoms with Crippen molar-refractivity contribution < 1.29 is 4.74 Å². The van der Waals surface area contributed by atoms with Gasteiger partial charge in [0.25, 0.3) is 0 Å².